The molecule has 0 spiro atoms. The lowest BCUT2D eigenvalue weighted by atomic mass is 10.1. The topological polar surface area (TPSA) is 30.7 Å². The van der Waals surface area contributed by atoms with E-state index in [2.05, 4.69) is 27.5 Å². The van der Waals surface area contributed by atoms with Gasteiger partial charge in [-0.2, -0.15) is 0 Å². The molecule has 21 heavy (non-hydrogen) atoms. The minimum absolute atomic E-state index is 0.347. The summed E-state index contributed by atoms with van der Waals surface area (Å²) in [4.78, 5) is 9.06. The maximum absolute atomic E-state index is 6.35. The van der Waals surface area contributed by atoms with E-state index in [0.717, 1.165) is 29.0 Å². The van der Waals surface area contributed by atoms with Gasteiger partial charge in [-0.15, -0.1) is 11.6 Å². The van der Waals surface area contributed by atoms with E-state index in [1.807, 2.05) is 30.5 Å². The van der Waals surface area contributed by atoms with Gasteiger partial charge in [-0.1, -0.05) is 30.7 Å². The van der Waals surface area contributed by atoms with Gasteiger partial charge in [-0.05, 0) is 30.2 Å². The molecule has 0 bridgehead atoms. The third-order valence-electron chi connectivity index (χ3n) is 3.59. The number of aromatic nitrogens is 3. The van der Waals surface area contributed by atoms with Crippen LogP contribution in [0.5, 0.6) is 0 Å². The molecule has 2 heterocycles. The summed E-state index contributed by atoms with van der Waals surface area (Å²) >= 11 is 12.4. The number of rotatable bonds is 4. The molecule has 0 fully saturated rings. The highest BCUT2D eigenvalue weighted by Gasteiger charge is 2.14. The first-order chi connectivity index (χ1) is 10.2. The predicted molar refractivity (Wildman–Crippen MR) is 87.0 cm³/mol. The number of imidazole rings is 1. The largest absolute Gasteiger partial charge is 0.320 e. The number of fused-ring (bicyclic) bond motifs is 1. The first-order valence-corrected chi connectivity index (χ1v) is 7.78. The van der Waals surface area contributed by atoms with Crippen molar-refractivity contribution >= 4 is 34.2 Å². The van der Waals surface area contributed by atoms with Gasteiger partial charge in [0.05, 0.1) is 34.2 Å². The standard InChI is InChI=1S/C16H15Cl2N3/c1-2-11-5-4-8-19-14(11)10-21-15(9-17)20-13-7-3-6-12(18)16(13)21/h3-8H,2,9-10H2,1H3. The number of hydrogen-bond acceptors (Lipinski definition) is 2. The van der Waals surface area contributed by atoms with E-state index in [9.17, 15) is 0 Å². The molecule has 0 radical (unpaired) electrons. The Labute approximate surface area is 133 Å². The highest BCUT2D eigenvalue weighted by atomic mass is 35.5. The third-order valence-corrected chi connectivity index (χ3v) is 4.13. The lowest BCUT2D eigenvalue weighted by Crippen LogP contribution is -2.08. The number of para-hydroxylation sites is 1. The molecule has 0 saturated carbocycles. The minimum Gasteiger partial charge on any atom is -0.320 e. The Hall–Kier alpha value is -1.58. The lowest BCUT2D eigenvalue weighted by molar-refractivity contribution is 0.747. The molecule has 5 heteroatoms. The molecule has 0 unspecified atom stereocenters. The average molecular weight is 320 g/mol. The molecule has 0 aliphatic heterocycles. The van der Waals surface area contributed by atoms with Gasteiger partial charge in [-0.3, -0.25) is 4.98 Å². The predicted octanol–water partition coefficient (Wildman–Crippen LogP) is 4.43. The molecule has 3 aromatic rings. The van der Waals surface area contributed by atoms with Crippen LogP contribution in [-0.4, -0.2) is 14.5 Å². The molecule has 0 atom stereocenters. The van der Waals surface area contributed by atoms with Gasteiger partial charge in [0.25, 0.3) is 0 Å². The van der Waals surface area contributed by atoms with Crippen LogP contribution >= 0.6 is 23.2 Å². The molecule has 3 nitrogen and oxygen atoms in total. The normalized spacial score (nSPS) is 11.2. The Morgan fingerprint density at radius 2 is 2.05 bits per heavy atom. The second kappa shape index (κ2) is 6.04. The third kappa shape index (κ3) is 2.63. The summed E-state index contributed by atoms with van der Waals surface area (Å²) in [6, 6.07) is 9.79. The van der Waals surface area contributed by atoms with Crippen LogP contribution in [0.15, 0.2) is 36.5 Å². The maximum atomic E-state index is 6.35. The molecular weight excluding hydrogens is 305 g/mol. The molecule has 0 aliphatic carbocycles. The number of pyridine rings is 1. The number of aryl methyl sites for hydroxylation is 1. The lowest BCUT2D eigenvalue weighted by Gasteiger charge is -2.11. The van der Waals surface area contributed by atoms with Crippen LogP contribution in [0.2, 0.25) is 5.02 Å². The summed E-state index contributed by atoms with van der Waals surface area (Å²) in [5.74, 6) is 1.16. The Balaban J connectivity index is 2.15. The maximum Gasteiger partial charge on any atom is 0.125 e. The molecule has 1 aromatic carbocycles. The molecule has 0 N–H and O–H groups in total. The van der Waals surface area contributed by atoms with Crippen molar-refractivity contribution in [3.8, 4) is 0 Å². The van der Waals surface area contributed by atoms with Crippen molar-refractivity contribution in [1.82, 2.24) is 14.5 Å². The van der Waals surface area contributed by atoms with Crippen LogP contribution in [0.4, 0.5) is 0 Å². The van der Waals surface area contributed by atoms with Gasteiger partial charge in [0.1, 0.15) is 5.82 Å². The van der Waals surface area contributed by atoms with Crippen molar-refractivity contribution in [3.05, 3.63) is 58.6 Å². The van der Waals surface area contributed by atoms with Crippen molar-refractivity contribution in [3.63, 3.8) is 0 Å². The fourth-order valence-corrected chi connectivity index (χ4v) is 3.02. The average Bonchev–Trinajstić information content (AvgIpc) is 2.87. The van der Waals surface area contributed by atoms with E-state index in [1.54, 1.807) is 0 Å². The van der Waals surface area contributed by atoms with Crippen LogP contribution in [-0.2, 0) is 18.8 Å². The summed E-state index contributed by atoms with van der Waals surface area (Å²) in [6.07, 6.45) is 2.76. The minimum atomic E-state index is 0.347. The van der Waals surface area contributed by atoms with E-state index >= 15 is 0 Å². The molecule has 2 aromatic heterocycles. The Morgan fingerprint density at radius 1 is 1.19 bits per heavy atom. The molecule has 3 rings (SSSR count). The van der Waals surface area contributed by atoms with Gasteiger partial charge in [0.15, 0.2) is 0 Å². The van der Waals surface area contributed by atoms with E-state index in [4.69, 9.17) is 23.2 Å². The number of benzene rings is 1. The monoisotopic (exact) mass is 319 g/mol. The van der Waals surface area contributed by atoms with E-state index in [1.165, 1.54) is 5.56 Å². The van der Waals surface area contributed by atoms with Crippen molar-refractivity contribution in [1.29, 1.82) is 0 Å². The molecule has 0 saturated heterocycles. The van der Waals surface area contributed by atoms with E-state index in [0.29, 0.717) is 17.4 Å². The second-order valence-corrected chi connectivity index (χ2v) is 5.49. The number of halogens is 2. The Kier molecular flexibility index (Phi) is 4.13. The van der Waals surface area contributed by atoms with Crippen LogP contribution in [0.1, 0.15) is 24.0 Å². The Bertz CT molecular complexity index is 780. The summed E-state index contributed by atoms with van der Waals surface area (Å²) < 4.78 is 2.06. The smallest absolute Gasteiger partial charge is 0.125 e. The van der Waals surface area contributed by atoms with Crippen LogP contribution in [0.25, 0.3) is 11.0 Å². The highest BCUT2D eigenvalue weighted by molar-refractivity contribution is 6.35. The zero-order valence-corrected chi connectivity index (χ0v) is 13.2. The van der Waals surface area contributed by atoms with E-state index < -0.39 is 0 Å². The van der Waals surface area contributed by atoms with Gasteiger partial charge < -0.3 is 4.57 Å². The fourth-order valence-electron chi connectivity index (χ4n) is 2.55. The first kappa shape index (κ1) is 14.4. The molecule has 0 aliphatic rings. The van der Waals surface area contributed by atoms with Gasteiger partial charge in [-0.25, -0.2) is 4.98 Å². The number of alkyl halides is 1. The quantitative estimate of drug-likeness (QED) is 0.666. The van der Waals surface area contributed by atoms with Gasteiger partial charge >= 0.3 is 0 Å². The SMILES string of the molecule is CCc1cccnc1Cn1c(CCl)nc2cccc(Cl)c21. The first-order valence-electron chi connectivity index (χ1n) is 6.87. The number of hydrogen-bond donors (Lipinski definition) is 0. The second-order valence-electron chi connectivity index (χ2n) is 4.82. The van der Waals surface area contributed by atoms with Crippen LogP contribution in [0, 0.1) is 0 Å². The molecular formula is C16H15Cl2N3. The zero-order chi connectivity index (χ0) is 14.8. The summed E-state index contributed by atoms with van der Waals surface area (Å²) in [7, 11) is 0. The van der Waals surface area contributed by atoms with Crippen LogP contribution in [0.3, 0.4) is 0 Å². The van der Waals surface area contributed by atoms with Crippen LogP contribution < -0.4 is 0 Å². The van der Waals surface area contributed by atoms with Crippen molar-refractivity contribution in [2.24, 2.45) is 0 Å². The van der Waals surface area contributed by atoms with Crippen molar-refractivity contribution in [2.45, 2.75) is 25.8 Å². The fraction of sp³-hybridized carbons (Fsp3) is 0.250. The van der Waals surface area contributed by atoms with Crippen molar-refractivity contribution < 1.29 is 0 Å². The Morgan fingerprint density at radius 3 is 2.81 bits per heavy atom. The summed E-state index contributed by atoms with van der Waals surface area (Å²) in [5.41, 5.74) is 4.05. The molecule has 108 valence electrons. The summed E-state index contributed by atoms with van der Waals surface area (Å²) in [5, 5.41) is 0.686. The molecule has 0 amide bonds. The van der Waals surface area contributed by atoms with Crippen molar-refractivity contribution in [2.75, 3.05) is 0 Å². The van der Waals surface area contributed by atoms with Gasteiger partial charge in [0.2, 0.25) is 0 Å². The van der Waals surface area contributed by atoms with E-state index in [-0.39, 0.29) is 0 Å². The highest BCUT2D eigenvalue weighted by Crippen LogP contribution is 2.26. The zero-order valence-electron chi connectivity index (χ0n) is 11.7. The summed E-state index contributed by atoms with van der Waals surface area (Å²) in [6.45, 7) is 2.76. The van der Waals surface area contributed by atoms with Gasteiger partial charge in [0, 0.05) is 6.20 Å². The number of nitrogens with zero attached hydrogens (tertiary/aromatic N) is 3.